The molecule has 0 aromatic heterocycles. The van der Waals surface area contributed by atoms with Gasteiger partial charge in [-0.05, 0) is 31.5 Å². The van der Waals surface area contributed by atoms with Crippen LogP contribution in [0, 0.1) is 0 Å². The molecule has 0 fully saturated rings. The van der Waals surface area contributed by atoms with Gasteiger partial charge in [0.25, 0.3) is 0 Å². The van der Waals surface area contributed by atoms with Gasteiger partial charge in [0, 0.05) is 12.6 Å². The number of guanidine groups is 1. The molecule has 0 saturated carbocycles. The van der Waals surface area contributed by atoms with Crippen molar-refractivity contribution in [1.29, 1.82) is 0 Å². The van der Waals surface area contributed by atoms with Crippen molar-refractivity contribution >= 4 is 29.9 Å². The van der Waals surface area contributed by atoms with E-state index in [-0.39, 0.29) is 24.0 Å². The van der Waals surface area contributed by atoms with Gasteiger partial charge in [0.15, 0.2) is 5.96 Å². The number of aliphatic imine (C=N–C) groups is 1. The Morgan fingerprint density at radius 3 is 2.36 bits per heavy atom. The van der Waals surface area contributed by atoms with Crippen LogP contribution in [0.1, 0.15) is 32.8 Å². The first-order valence-electron chi connectivity index (χ1n) is 8.02. The van der Waals surface area contributed by atoms with Gasteiger partial charge in [0.2, 0.25) is 0 Å². The molecule has 0 aliphatic rings. The molecule has 5 heteroatoms. The summed E-state index contributed by atoms with van der Waals surface area (Å²) in [6.45, 7) is 10.2. The lowest BCUT2D eigenvalue weighted by Crippen LogP contribution is -2.40. The van der Waals surface area contributed by atoms with Crippen LogP contribution in [0.2, 0.25) is 0 Å². The number of nitrogens with two attached hydrogens (primary N) is 1. The van der Waals surface area contributed by atoms with E-state index in [0.29, 0.717) is 12.0 Å². The summed E-state index contributed by atoms with van der Waals surface area (Å²) < 4.78 is 0. The van der Waals surface area contributed by atoms with Crippen LogP contribution in [0.5, 0.6) is 0 Å². The minimum Gasteiger partial charge on any atom is -0.370 e. The van der Waals surface area contributed by atoms with Gasteiger partial charge in [0.1, 0.15) is 0 Å². The molecule has 1 aromatic rings. The van der Waals surface area contributed by atoms with Gasteiger partial charge in [-0.15, -0.1) is 24.0 Å². The summed E-state index contributed by atoms with van der Waals surface area (Å²) in [6.07, 6.45) is 2.06. The molecule has 1 aromatic carbocycles. The van der Waals surface area contributed by atoms with E-state index in [2.05, 4.69) is 66.3 Å². The van der Waals surface area contributed by atoms with Gasteiger partial charge in [-0.3, -0.25) is 9.89 Å². The minimum absolute atomic E-state index is 0. The third-order valence-electron chi connectivity index (χ3n) is 3.67. The maximum absolute atomic E-state index is 5.90. The molecule has 0 heterocycles. The van der Waals surface area contributed by atoms with Crippen LogP contribution < -0.4 is 11.1 Å². The second kappa shape index (κ2) is 12.7. The third kappa shape index (κ3) is 7.98. The summed E-state index contributed by atoms with van der Waals surface area (Å²) in [5.74, 6) is 0.557. The number of rotatable bonds is 9. The second-order valence-electron chi connectivity index (χ2n) is 5.22. The third-order valence-corrected chi connectivity index (χ3v) is 3.67. The van der Waals surface area contributed by atoms with Crippen LogP contribution in [0.15, 0.2) is 35.3 Å². The molecule has 1 atom stereocenters. The van der Waals surface area contributed by atoms with Crippen LogP contribution in [0.4, 0.5) is 0 Å². The molecular weight excluding hydrogens is 387 g/mol. The number of nitrogens with one attached hydrogen (secondary N) is 1. The molecule has 3 N–H and O–H groups in total. The Morgan fingerprint density at radius 1 is 1.18 bits per heavy atom. The molecule has 126 valence electrons. The molecule has 0 aliphatic carbocycles. The second-order valence-corrected chi connectivity index (χ2v) is 5.22. The van der Waals surface area contributed by atoms with Crippen LogP contribution in [-0.4, -0.2) is 43.1 Å². The Labute approximate surface area is 152 Å². The predicted octanol–water partition coefficient (Wildman–Crippen LogP) is 2.87. The fraction of sp³-hybridized carbons (Fsp3) is 0.588. The minimum atomic E-state index is 0. The summed E-state index contributed by atoms with van der Waals surface area (Å²) in [5.41, 5.74) is 7.26. The van der Waals surface area contributed by atoms with E-state index in [1.54, 1.807) is 0 Å². The summed E-state index contributed by atoms with van der Waals surface area (Å²) in [4.78, 5) is 6.96. The van der Waals surface area contributed by atoms with E-state index in [9.17, 15) is 0 Å². The Bertz CT molecular complexity index is 404. The first-order chi connectivity index (χ1) is 10.2. The standard InChI is InChI=1S/C17H30N4.HI/c1-4-12-19-17(18)20-14-16(21(5-2)6-3)13-15-10-8-7-9-11-15;/h7-11,16H,4-6,12-14H2,1-3H3,(H3,18,19,20);1H. The van der Waals surface area contributed by atoms with E-state index in [1.165, 1.54) is 5.56 Å². The monoisotopic (exact) mass is 418 g/mol. The topological polar surface area (TPSA) is 53.6 Å². The SMILES string of the molecule is CCCNC(N)=NCC(Cc1ccccc1)N(CC)CC.I. The highest BCUT2D eigenvalue weighted by Crippen LogP contribution is 2.09. The van der Waals surface area contributed by atoms with Crippen molar-refractivity contribution in [2.24, 2.45) is 10.7 Å². The highest BCUT2D eigenvalue weighted by molar-refractivity contribution is 14.0. The van der Waals surface area contributed by atoms with Crippen molar-refractivity contribution < 1.29 is 0 Å². The summed E-state index contributed by atoms with van der Waals surface area (Å²) in [7, 11) is 0. The molecule has 0 aliphatic heterocycles. The summed E-state index contributed by atoms with van der Waals surface area (Å²) in [6, 6.07) is 11.0. The molecule has 4 nitrogen and oxygen atoms in total. The Kier molecular flexibility index (Phi) is 12.2. The van der Waals surface area contributed by atoms with Crippen molar-refractivity contribution in [2.75, 3.05) is 26.2 Å². The molecule has 0 saturated heterocycles. The quantitative estimate of drug-likeness (QED) is 0.369. The number of likely N-dealkylation sites (N-methyl/N-ethyl adjacent to an activating group) is 1. The fourth-order valence-electron chi connectivity index (χ4n) is 2.45. The molecule has 0 spiro atoms. The van der Waals surface area contributed by atoms with Gasteiger partial charge in [-0.1, -0.05) is 51.1 Å². The van der Waals surface area contributed by atoms with Gasteiger partial charge in [0.05, 0.1) is 6.54 Å². The fourth-order valence-corrected chi connectivity index (χ4v) is 2.45. The first-order valence-corrected chi connectivity index (χ1v) is 8.02. The molecule has 0 radical (unpaired) electrons. The lowest BCUT2D eigenvalue weighted by molar-refractivity contribution is 0.220. The van der Waals surface area contributed by atoms with Crippen LogP contribution in [0.3, 0.4) is 0 Å². The Hall–Kier alpha value is -0.820. The van der Waals surface area contributed by atoms with E-state index in [0.717, 1.165) is 39.0 Å². The smallest absolute Gasteiger partial charge is 0.188 e. The number of hydrogen-bond donors (Lipinski definition) is 2. The summed E-state index contributed by atoms with van der Waals surface area (Å²) in [5, 5.41) is 3.14. The molecule has 1 rings (SSSR count). The summed E-state index contributed by atoms with van der Waals surface area (Å²) >= 11 is 0. The van der Waals surface area contributed by atoms with Gasteiger partial charge < -0.3 is 11.1 Å². The number of hydrogen-bond acceptors (Lipinski definition) is 2. The average Bonchev–Trinajstić information content (AvgIpc) is 2.52. The van der Waals surface area contributed by atoms with Gasteiger partial charge in [-0.2, -0.15) is 0 Å². The molecular formula is C17H31IN4. The highest BCUT2D eigenvalue weighted by Gasteiger charge is 2.16. The molecule has 1 unspecified atom stereocenters. The molecule has 0 amide bonds. The van der Waals surface area contributed by atoms with Crippen molar-refractivity contribution in [2.45, 2.75) is 39.7 Å². The van der Waals surface area contributed by atoms with Gasteiger partial charge in [-0.25, -0.2) is 0 Å². The Balaban J connectivity index is 0.00000441. The number of benzene rings is 1. The van der Waals surface area contributed by atoms with E-state index in [4.69, 9.17) is 5.73 Å². The maximum atomic E-state index is 5.90. The molecule has 0 bridgehead atoms. The first kappa shape index (κ1) is 21.2. The zero-order valence-electron chi connectivity index (χ0n) is 14.1. The van der Waals surface area contributed by atoms with Gasteiger partial charge >= 0.3 is 0 Å². The Morgan fingerprint density at radius 2 is 1.82 bits per heavy atom. The van der Waals surface area contributed by atoms with Crippen molar-refractivity contribution in [3.05, 3.63) is 35.9 Å². The lowest BCUT2D eigenvalue weighted by Gasteiger charge is -2.28. The van der Waals surface area contributed by atoms with Crippen molar-refractivity contribution in [1.82, 2.24) is 10.2 Å². The zero-order valence-corrected chi connectivity index (χ0v) is 16.4. The van der Waals surface area contributed by atoms with E-state index in [1.807, 2.05) is 0 Å². The number of halogens is 1. The maximum Gasteiger partial charge on any atom is 0.188 e. The lowest BCUT2D eigenvalue weighted by atomic mass is 10.0. The van der Waals surface area contributed by atoms with E-state index < -0.39 is 0 Å². The van der Waals surface area contributed by atoms with E-state index >= 15 is 0 Å². The molecule has 22 heavy (non-hydrogen) atoms. The van der Waals surface area contributed by atoms with Crippen LogP contribution in [-0.2, 0) is 6.42 Å². The van der Waals surface area contributed by atoms with Crippen molar-refractivity contribution in [3.63, 3.8) is 0 Å². The highest BCUT2D eigenvalue weighted by atomic mass is 127. The number of nitrogens with zero attached hydrogens (tertiary/aromatic N) is 2. The normalized spacial score (nSPS) is 12.8. The predicted molar refractivity (Wildman–Crippen MR) is 107 cm³/mol. The zero-order chi connectivity index (χ0) is 15.5. The van der Waals surface area contributed by atoms with Crippen molar-refractivity contribution in [3.8, 4) is 0 Å². The van der Waals surface area contributed by atoms with Crippen LogP contribution in [0.25, 0.3) is 0 Å². The average molecular weight is 418 g/mol. The largest absolute Gasteiger partial charge is 0.370 e. The van der Waals surface area contributed by atoms with Crippen LogP contribution >= 0.6 is 24.0 Å².